The van der Waals surface area contributed by atoms with Crippen molar-refractivity contribution in [3.8, 4) is 17.6 Å². The van der Waals surface area contributed by atoms with Gasteiger partial charge in [0.25, 0.3) is 0 Å². The van der Waals surface area contributed by atoms with E-state index < -0.39 is 0 Å². The maximum absolute atomic E-state index is 10.6. The number of rotatable bonds is 8. The number of ether oxygens (including phenoxy) is 1. The van der Waals surface area contributed by atoms with E-state index in [4.69, 9.17) is 4.74 Å². The zero-order valence-electron chi connectivity index (χ0n) is 14.3. The Morgan fingerprint density at radius 2 is 1.42 bits per heavy atom. The van der Waals surface area contributed by atoms with Gasteiger partial charge in [-0.3, -0.25) is 4.79 Å². The van der Waals surface area contributed by atoms with E-state index >= 15 is 0 Å². The van der Waals surface area contributed by atoms with Gasteiger partial charge in [0.2, 0.25) is 0 Å². The Morgan fingerprint density at radius 3 is 2.00 bits per heavy atom. The minimum absolute atomic E-state index is 0.664. The van der Waals surface area contributed by atoms with Crippen LogP contribution in [-0.4, -0.2) is 12.9 Å². The molecule has 0 bridgehead atoms. The number of carbonyl (C=O) groups is 1. The minimum atomic E-state index is 0.664. The molecule has 0 fully saturated rings. The summed E-state index contributed by atoms with van der Waals surface area (Å²) in [6.45, 7) is 3.00. The third-order valence-corrected chi connectivity index (χ3v) is 3.77. The summed E-state index contributed by atoms with van der Waals surface area (Å²) in [6, 6.07) is 15.1. The smallest absolute Gasteiger partial charge is 0.150 e. The maximum Gasteiger partial charge on any atom is 0.150 e. The number of hydrogen-bond acceptors (Lipinski definition) is 2. The third kappa shape index (κ3) is 6.30. The van der Waals surface area contributed by atoms with Crippen LogP contribution in [0.2, 0.25) is 0 Å². The van der Waals surface area contributed by atoms with E-state index in [0.717, 1.165) is 36.2 Å². The zero-order valence-corrected chi connectivity index (χ0v) is 14.3. The fraction of sp³-hybridized carbons (Fsp3) is 0.318. The first-order valence-corrected chi connectivity index (χ1v) is 8.62. The zero-order chi connectivity index (χ0) is 17.0. The van der Waals surface area contributed by atoms with Gasteiger partial charge in [-0.05, 0) is 42.8 Å². The van der Waals surface area contributed by atoms with Crippen molar-refractivity contribution in [2.75, 3.05) is 6.61 Å². The topological polar surface area (TPSA) is 26.3 Å². The lowest BCUT2D eigenvalue weighted by Crippen LogP contribution is -1.97. The molecule has 0 unspecified atom stereocenters. The molecule has 0 atom stereocenters. The first-order chi connectivity index (χ1) is 11.8. The summed E-state index contributed by atoms with van der Waals surface area (Å²) in [5, 5.41) is 0. The molecule has 2 aromatic rings. The number of hydrogen-bond donors (Lipinski definition) is 0. The summed E-state index contributed by atoms with van der Waals surface area (Å²) in [6.07, 6.45) is 7.05. The molecule has 2 aromatic carbocycles. The molecule has 124 valence electrons. The standard InChI is InChI=1S/C22H24O2/c1-2-3-4-5-6-17-24-22-15-13-20(14-16-22)8-7-19-9-11-21(18-23)12-10-19/h9-16,18H,2-6,17H2,1H3. The summed E-state index contributed by atoms with van der Waals surface area (Å²) in [5.41, 5.74) is 2.51. The molecular formula is C22H24O2. The Morgan fingerprint density at radius 1 is 0.833 bits per heavy atom. The summed E-state index contributed by atoms with van der Waals surface area (Å²) in [5.74, 6) is 7.11. The Bertz CT molecular complexity index is 673. The van der Waals surface area contributed by atoms with Crippen LogP contribution in [0, 0.1) is 11.8 Å². The largest absolute Gasteiger partial charge is 0.494 e. The molecule has 2 rings (SSSR count). The van der Waals surface area contributed by atoms with Gasteiger partial charge < -0.3 is 4.74 Å². The Balaban J connectivity index is 1.81. The van der Waals surface area contributed by atoms with Crippen molar-refractivity contribution in [1.82, 2.24) is 0 Å². The van der Waals surface area contributed by atoms with E-state index in [1.54, 1.807) is 12.1 Å². The van der Waals surface area contributed by atoms with E-state index in [1.807, 2.05) is 36.4 Å². The highest BCUT2D eigenvalue weighted by molar-refractivity contribution is 5.74. The molecule has 2 heteroatoms. The van der Waals surface area contributed by atoms with Gasteiger partial charge in [0, 0.05) is 16.7 Å². The van der Waals surface area contributed by atoms with Crippen molar-refractivity contribution in [2.45, 2.75) is 39.0 Å². The molecule has 0 N–H and O–H groups in total. The van der Waals surface area contributed by atoms with Crippen LogP contribution < -0.4 is 4.74 Å². The van der Waals surface area contributed by atoms with Crippen molar-refractivity contribution in [2.24, 2.45) is 0 Å². The van der Waals surface area contributed by atoms with Gasteiger partial charge in [-0.15, -0.1) is 0 Å². The normalized spacial score (nSPS) is 9.88. The van der Waals surface area contributed by atoms with E-state index in [1.165, 1.54) is 25.7 Å². The van der Waals surface area contributed by atoms with E-state index in [9.17, 15) is 4.79 Å². The lowest BCUT2D eigenvalue weighted by Gasteiger charge is -2.05. The SMILES string of the molecule is CCCCCCCOc1ccc(C#Cc2ccc(C=O)cc2)cc1. The summed E-state index contributed by atoms with van der Waals surface area (Å²) < 4.78 is 5.75. The van der Waals surface area contributed by atoms with Gasteiger partial charge >= 0.3 is 0 Å². The summed E-state index contributed by atoms with van der Waals surface area (Å²) in [7, 11) is 0. The molecular weight excluding hydrogens is 296 g/mol. The molecule has 0 aromatic heterocycles. The van der Waals surface area contributed by atoms with Crippen molar-refractivity contribution >= 4 is 6.29 Å². The fourth-order valence-corrected chi connectivity index (χ4v) is 2.32. The average Bonchev–Trinajstić information content (AvgIpc) is 2.64. The van der Waals surface area contributed by atoms with Crippen LogP contribution >= 0.6 is 0 Å². The molecule has 0 saturated carbocycles. The van der Waals surface area contributed by atoms with E-state index in [2.05, 4.69) is 18.8 Å². The van der Waals surface area contributed by atoms with Gasteiger partial charge in [0.15, 0.2) is 0 Å². The molecule has 0 aliphatic rings. The van der Waals surface area contributed by atoms with Crippen molar-refractivity contribution in [3.05, 3.63) is 65.2 Å². The van der Waals surface area contributed by atoms with Crippen LogP contribution in [0.1, 0.15) is 60.5 Å². The van der Waals surface area contributed by atoms with Gasteiger partial charge in [-0.1, -0.05) is 56.6 Å². The second kappa shape index (κ2) is 10.3. The fourth-order valence-electron chi connectivity index (χ4n) is 2.32. The molecule has 0 aliphatic carbocycles. The minimum Gasteiger partial charge on any atom is -0.494 e. The number of benzene rings is 2. The third-order valence-electron chi connectivity index (χ3n) is 3.77. The van der Waals surface area contributed by atoms with Gasteiger partial charge in [-0.2, -0.15) is 0 Å². The highest BCUT2D eigenvalue weighted by Gasteiger charge is 1.95. The first-order valence-electron chi connectivity index (χ1n) is 8.62. The second-order valence-corrected chi connectivity index (χ2v) is 5.78. The predicted octanol–water partition coefficient (Wildman–Crippen LogP) is 5.25. The molecule has 0 aliphatic heterocycles. The predicted molar refractivity (Wildman–Crippen MR) is 98.5 cm³/mol. The Kier molecular flexibility index (Phi) is 7.63. The molecule has 0 spiro atoms. The lowest BCUT2D eigenvalue weighted by atomic mass is 10.1. The number of aldehydes is 1. The molecule has 24 heavy (non-hydrogen) atoms. The summed E-state index contributed by atoms with van der Waals surface area (Å²) >= 11 is 0. The molecule has 0 radical (unpaired) electrons. The quantitative estimate of drug-likeness (QED) is 0.377. The van der Waals surface area contributed by atoms with E-state index in [0.29, 0.717) is 5.56 Å². The second-order valence-electron chi connectivity index (χ2n) is 5.78. The van der Waals surface area contributed by atoms with Crippen LogP contribution in [0.5, 0.6) is 5.75 Å². The van der Waals surface area contributed by atoms with Crippen LogP contribution in [0.25, 0.3) is 0 Å². The molecule has 2 nitrogen and oxygen atoms in total. The highest BCUT2D eigenvalue weighted by atomic mass is 16.5. The van der Waals surface area contributed by atoms with Gasteiger partial charge in [0.1, 0.15) is 12.0 Å². The highest BCUT2D eigenvalue weighted by Crippen LogP contribution is 2.13. The Hall–Kier alpha value is -2.53. The van der Waals surface area contributed by atoms with Crippen LogP contribution in [0.4, 0.5) is 0 Å². The van der Waals surface area contributed by atoms with Gasteiger partial charge in [-0.25, -0.2) is 0 Å². The van der Waals surface area contributed by atoms with Gasteiger partial charge in [0.05, 0.1) is 6.61 Å². The monoisotopic (exact) mass is 320 g/mol. The van der Waals surface area contributed by atoms with Crippen LogP contribution in [0.15, 0.2) is 48.5 Å². The lowest BCUT2D eigenvalue weighted by molar-refractivity contribution is 0.112. The Labute approximate surface area is 144 Å². The van der Waals surface area contributed by atoms with Crippen molar-refractivity contribution in [1.29, 1.82) is 0 Å². The first kappa shape index (κ1) is 17.8. The van der Waals surface area contributed by atoms with E-state index in [-0.39, 0.29) is 0 Å². The van der Waals surface area contributed by atoms with Crippen LogP contribution in [0.3, 0.4) is 0 Å². The average molecular weight is 320 g/mol. The number of unbranched alkanes of at least 4 members (excludes halogenated alkanes) is 4. The summed E-state index contributed by atoms with van der Waals surface area (Å²) in [4.78, 5) is 10.6. The molecule has 0 amide bonds. The van der Waals surface area contributed by atoms with Crippen LogP contribution in [-0.2, 0) is 0 Å². The molecule has 0 heterocycles. The van der Waals surface area contributed by atoms with Crippen molar-refractivity contribution in [3.63, 3.8) is 0 Å². The maximum atomic E-state index is 10.6. The number of carbonyl (C=O) groups excluding carboxylic acids is 1. The molecule has 0 saturated heterocycles. The van der Waals surface area contributed by atoms with Crippen molar-refractivity contribution < 1.29 is 9.53 Å².